The Balaban J connectivity index is 3.36. The first-order valence-corrected chi connectivity index (χ1v) is 5.40. The molecule has 0 rings (SSSR count). The van der Waals surface area contributed by atoms with Gasteiger partial charge >= 0.3 is 5.97 Å². The van der Waals surface area contributed by atoms with E-state index in [1.807, 2.05) is 13.0 Å². The average Bonchev–Trinajstić information content (AvgIpc) is 2.16. The number of allylic oxidation sites excluding steroid dienone is 1. The predicted molar refractivity (Wildman–Crippen MR) is 56.7 cm³/mol. The Bertz CT molecular complexity index is 171. The van der Waals surface area contributed by atoms with Crippen molar-refractivity contribution in [1.82, 2.24) is 0 Å². The Kier molecular flexibility index (Phi) is 7.83. The van der Waals surface area contributed by atoms with Crippen molar-refractivity contribution in [1.29, 1.82) is 0 Å². The number of hydrogen-bond donors (Lipinski definition) is 1. The third-order valence-corrected chi connectivity index (χ3v) is 2.48. The summed E-state index contributed by atoms with van der Waals surface area (Å²) in [6, 6.07) is -0.469. The number of nitrogens with two attached hydrogens (primary N) is 1. The number of esters is 1. The van der Waals surface area contributed by atoms with Crippen LogP contribution in [0.15, 0.2) is 12.2 Å². The smallest absolute Gasteiger partial charge is 0.322 e. The second-order valence-corrected chi connectivity index (χ2v) is 3.71. The molecule has 0 aromatic carbocycles. The topological polar surface area (TPSA) is 52.3 Å². The van der Waals surface area contributed by atoms with E-state index >= 15 is 0 Å². The van der Waals surface area contributed by atoms with E-state index in [2.05, 4.69) is 10.8 Å². The summed E-state index contributed by atoms with van der Waals surface area (Å²) in [5.41, 5.74) is 5.54. The Morgan fingerprint density at radius 1 is 1.69 bits per heavy atom. The normalized spacial score (nSPS) is 13.2. The molecule has 0 spiro atoms. The quantitative estimate of drug-likeness (QED) is 0.400. The van der Waals surface area contributed by atoms with E-state index in [9.17, 15) is 4.79 Å². The number of rotatable bonds is 6. The molecule has 13 heavy (non-hydrogen) atoms. The molecule has 1 atom stereocenters. The lowest BCUT2D eigenvalue weighted by Crippen LogP contribution is -2.31. The highest BCUT2D eigenvalue weighted by molar-refractivity contribution is 7.99. The Hall–Kier alpha value is -0.480. The molecule has 3 nitrogen and oxygen atoms in total. The van der Waals surface area contributed by atoms with Gasteiger partial charge in [0.05, 0.1) is 7.11 Å². The standard InChI is InChI=1S/C9H17NO2S/c1-3-4-6-13-7-5-8(10)9(11)12-2/h3-4,8H,5-7,10H2,1-2H3. The molecule has 0 radical (unpaired) electrons. The van der Waals surface area contributed by atoms with E-state index < -0.39 is 6.04 Å². The summed E-state index contributed by atoms with van der Waals surface area (Å²) < 4.78 is 4.50. The molecule has 0 amide bonds. The van der Waals surface area contributed by atoms with Gasteiger partial charge in [0.15, 0.2) is 0 Å². The van der Waals surface area contributed by atoms with E-state index in [-0.39, 0.29) is 5.97 Å². The molecule has 0 aromatic heterocycles. The van der Waals surface area contributed by atoms with Gasteiger partial charge in [-0.15, -0.1) is 0 Å². The van der Waals surface area contributed by atoms with E-state index in [1.165, 1.54) is 7.11 Å². The van der Waals surface area contributed by atoms with Gasteiger partial charge in [0.1, 0.15) is 6.04 Å². The van der Waals surface area contributed by atoms with Crippen molar-refractivity contribution in [3.8, 4) is 0 Å². The van der Waals surface area contributed by atoms with Gasteiger partial charge in [-0.25, -0.2) is 0 Å². The van der Waals surface area contributed by atoms with Crippen LogP contribution >= 0.6 is 11.8 Å². The van der Waals surface area contributed by atoms with Crippen LogP contribution < -0.4 is 5.73 Å². The number of carbonyl (C=O) groups excluding carboxylic acids is 1. The molecule has 2 N–H and O–H groups in total. The lowest BCUT2D eigenvalue weighted by Gasteiger charge is -2.07. The summed E-state index contributed by atoms with van der Waals surface area (Å²) in [6.45, 7) is 1.99. The lowest BCUT2D eigenvalue weighted by molar-refractivity contribution is -0.142. The van der Waals surface area contributed by atoms with Crippen LogP contribution in [0.4, 0.5) is 0 Å². The fourth-order valence-corrected chi connectivity index (χ4v) is 1.64. The number of carbonyl (C=O) groups is 1. The largest absolute Gasteiger partial charge is 0.468 e. The highest BCUT2D eigenvalue weighted by Crippen LogP contribution is 2.04. The minimum Gasteiger partial charge on any atom is -0.468 e. The number of ether oxygens (including phenoxy) is 1. The zero-order valence-corrected chi connectivity index (χ0v) is 8.97. The predicted octanol–water partition coefficient (Wildman–Crippen LogP) is 1.19. The number of thioether (sulfide) groups is 1. The van der Waals surface area contributed by atoms with E-state index in [0.717, 1.165) is 11.5 Å². The Morgan fingerprint density at radius 2 is 2.38 bits per heavy atom. The molecule has 0 aliphatic carbocycles. The van der Waals surface area contributed by atoms with Crippen molar-refractivity contribution in [3.05, 3.63) is 12.2 Å². The van der Waals surface area contributed by atoms with Gasteiger partial charge in [-0.1, -0.05) is 12.2 Å². The maximum atomic E-state index is 10.9. The lowest BCUT2D eigenvalue weighted by atomic mass is 10.2. The molecule has 0 aliphatic heterocycles. The molecule has 0 saturated heterocycles. The molecule has 1 unspecified atom stereocenters. The molecular weight excluding hydrogens is 186 g/mol. The molecule has 0 fully saturated rings. The van der Waals surface area contributed by atoms with E-state index in [1.54, 1.807) is 11.8 Å². The first kappa shape index (κ1) is 12.5. The number of methoxy groups -OCH3 is 1. The van der Waals surface area contributed by atoms with Crippen LogP contribution in [-0.4, -0.2) is 30.6 Å². The monoisotopic (exact) mass is 203 g/mol. The first-order chi connectivity index (χ1) is 6.22. The van der Waals surface area contributed by atoms with Crippen LogP contribution in [0.2, 0.25) is 0 Å². The third kappa shape index (κ3) is 6.66. The van der Waals surface area contributed by atoms with Crippen molar-refractivity contribution in [2.45, 2.75) is 19.4 Å². The van der Waals surface area contributed by atoms with Gasteiger partial charge in [-0.2, -0.15) is 11.8 Å². The van der Waals surface area contributed by atoms with Crippen molar-refractivity contribution < 1.29 is 9.53 Å². The minimum atomic E-state index is -0.469. The molecule has 0 saturated carbocycles. The van der Waals surface area contributed by atoms with Gasteiger partial charge in [-0.05, 0) is 19.1 Å². The first-order valence-electron chi connectivity index (χ1n) is 4.24. The van der Waals surface area contributed by atoms with Crippen LogP contribution in [0, 0.1) is 0 Å². The number of hydrogen-bond acceptors (Lipinski definition) is 4. The molecule has 0 heterocycles. The Morgan fingerprint density at radius 3 is 2.92 bits per heavy atom. The van der Waals surface area contributed by atoms with Crippen molar-refractivity contribution in [2.75, 3.05) is 18.6 Å². The second kappa shape index (κ2) is 8.13. The van der Waals surface area contributed by atoms with Crippen molar-refractivity contribution >= 4 is 17.7 Å². The highest BCUT2D eigenvalue weighted by Gasteiger charge is 2.12. The van der Waals surface area contributed by atoms with E-state index in [0.29, 0.717) is 6.42 Å². The SMILES string of the molecule is CC=CCSCCC(N)C(=O)OC. The Labute approximate surface area is 83.7 Å². The van der Waals surface area contributed by atoms with Crippen LogP contribution in [0.25, 0.3) is 0 Å². The van der Waals surface area contributed by atoms with Gasteiger partial charge < -0.3 is 10.5 Å². The highest BCUT2D eigenvalue weighted by atomic mass is 32.2. The summed E-state index contributed by atoms with van der Waals surface area (Å²) in [5, 5.41) is 0. The van der Waals surface area contributed by atoms with Gasteiger partial charge in [0.2, 0.25) is 0 Å². The zero-order chi connectivity index (χ0) is 10.1. The van der Waals surface area contributed by atoms with Crippen LogP contribution in [0.1, 0.15) is 13.3 Å². The van der Waals surface area contributed by atoms with Crippen LogP contribution in [0.5, 0.6) is 0 Å². The molecular formula is C9H17NO2S. The van der Waals surface area contributed by atoms with Crippen molar-refractivity contribution in [3.63, 3.8) is 0 Å². The summed E-state index contributed by atoms with van der Waals surface area (Å²) in [5.74, 6) is 1.54. The maximum absolute atomic E-state index is 10.9. The molecule has 0 aliphatic rings. The molecule has 0 bridgehead atoms. The fourth-order valence-electron chi connectivity index (χ4n) is 0.727. The fraction of sp³-hybridized carbons (Fsp3) is 0.667. The molecule has 0 aromatic rings. The zero-order valence-electron chi connectivity index (χ0n) is 8.16. The maximum Gasteiger partial charge on any atom is 0.322 e. The minimum absolute atomic E-state index is 0.327. The van der Waals surface area contributed by atoms with Gasteiger partial charge in [0, 0.05) is 5.75 Å². The van der Waals surface area contributed by atoms with Crippen LogP contribution in [-0.2, 0) is 9.53 Å². The molecule has 4 heteroatoms. The van der Waals surface area contributed by atoms with Gasteiger partial charge in [0.25, 0.3) is 0 Å². The summed E-state index contributed by atoms with van der Waals surface area (Å²) in [6.07, 6.45) is 4.76. The summed E-state index contributed by atoms with van der Waals surface area (Å²) in [7, 11) is 1.36. The second-order valence-electron chi connectivity index (χ2n) is 2.56. The summed E-state index contributed by atoms with van der Waals surface area (Å²) in [4.78, 5) is 10.9. The van der Waals surface area contributed by atoms with Gasteiger partial charge in [-0.3, -0.25) is 4.79 Å². The molecule has 76 valence electrons. The van der Waals surface area contributed by atoms with Crippen LogP contribution in [0.3, 0.4) is 0 Å². The van der Waals surface area contributed by atoms with E-state index in [4.69, 9.17) is 5.73 Å². The third-order valence-electron chi connectivity index (χ3n) is 1.53. The van der Waals surface area contributed by atoms with Crippen molar-refractivity contribution in [2.24, 2.45) is 5.73 Å². The summed E-state index contributed by atoms with van der Waals surface area (Å²) >= 11 is 1.76. The average molecular weight is 203 g/mol.